The van der Waals surface area contributed by atoms with Crippen LogP contribution in [0.1, 0.15) is 41.9 Å². The molecule has 1 aliphatic heterocycles. The van der Waals surface area contributed by atoms with Crippen molar-refractivity contribution in [2.75, 3.05) is 0 Å². The third-order valence-electron chi connectivity index (χ3n) is 5.71. The molecule has 1 aromatic carbocycles. The summed E-state index contributed by atoms with van der Waals surface area (Å²) in [6.45, 7) is 4.25. The minimum Gasteiger partial charge on any atom is -0.480 e. The predicted octanol–water partition coefficient (Wildman–Crippen LogP) is 3.19. The normalized spacial score (nSPS) is 20.3. The highest BCUT2D eigenvalue weighted by Crippen LogP contribution is 2.44. The van der Waals surface area contributed by atoms with Crippen LogP contribution >= 0.6 is 11.6 Å². The Kier molecular flexibility index (Phi) is 4.28. The van der Waals surface area contributed by atoms with Crippen LogP contribution in [0.15, 0.2) is 45.0 Å². The summed E-state index contributed by atoms with van der Waals surface area (Å²) in [7, 11) is 1.67. The van der Waals surface area contributed by atoms with Crippen molar-refractivity contribution in [2.24, 2.45) is 12.0 Å². The zero-order chi connectivity index (χ0) is 21.0. The van der Waals surface area contributed by atoms with E-state index >= 15 is 0 Å². The summed E-state index contributed by atoms with van der Waals surface area (Å²) in [4.78, 5) is 22.2. The maximum Gasteiger partial charge on any atom is 0.437 e. The number of aliphatic imine (C=N–C) groups is 1. The molecule has 2 aliphatic rings. The Balaban J connectivity index is 1.29. The largest absolute Gasteiger partial charge is 0.480 e. The predicted molar refractivity (Wildman–Crippen MR) is 111 cm³/mol. The highest BCUT2D eigenvalue weighted by molar-refractivity contribution is 6.30. The zero-order valence-corrected chi connectivity index (χ0v) is 17.0. The van der Waals surface area contributed by atoms with E-state index in [2.05, 4.69) is 21.7 Å². The summed E-state index contributed by atoms with van der Waals surface area (Å²) in [6, 6.07) is 7.67. The van der Waals surface area contributed by atoms with E-state index in [1.54, 1.807) is 11.9 Å². The molecule has 0 amide bonds. The number of aromatic nitrogens is 4. The fourth-order valence-electron chi connectivity index (χ4n) is 3.92. The van der Waals surface area contributed by atoms with Crippen LogP contribution in [0.3, 0.4) is 0 Å². The second kappa shape index (κ2) is 6.88. The molecule has 0 saturated heterocycles. The van der Waals surface area contributed by atoms with Crippen LogP contribution in [0.5, 0.6) is 6.01 Å². The van der Waals surface area contributed by atoms with Gasteiger partial charge in [-0.15, -0.1) is 5.10 Å². The van der Waals surface area contributed by atoms with Crippen molar-refractivity contribution < 1.29 is 9.52 Å². The maximum atomic E-state index is 12.3. The minimum atomic E-state index is -0.469. The van der Waals surface area contributed by atoms with Crippen LogP contribution in [0.2, 0.25) is 5.02 Å². The van der Waals surface area contributed by atoms with Gasteiger partial charge in [0.15, 0.2) is 5.82 Å². The van der Waals surface area contributed by atoms with Gasteiger partial charge in [-0.2, -0.15) is 9.67 Å². The van der Waals surface area contributed by atoms with Crippen LogP contribution in [-0.2, 0) is 13.6 Å². The van der Waals surface area contributed by atoms with Crippen molar-refractivity contribution in [3.8, 4) is 6.01 Å². The van der Waals surface area contributed by atoms with Gasteiger partial charge in [0.25, 0.3) is 6.01 Å². The molecule has 5 rings (SSSR count). The van der Waals surface area contributed by atoms with Gasteiger partial charge in [0.05, 0.1) is 18.1 Å². The third kappa shape index (κ3) is 3.02. The summed E-state index contributed by atoms with van der Waals surface area (Å²) in [5, 5.41) is 14.9. The molecule has 1 saturated carbocycles. The van der Waals surface area contributed by atoms with Gasteiger partial charge in [-0.05, 0) is 36.5 Å². The third-order valence-corrected chi connectivity index (χ3v) is 5.96. The number of aromatic hydroxyl groups is 1. The van der Waals surface area contributed by atoms with Gasteiger partial charge in [0.2, 0.25) is 5.89 Å². The Morgan fingerprint density at radius 1 is 1.30 bits per heavy atom. The van der Waals surface area contributed by atoms with Crippen molar-refractivity contribution in [2.45, 2.75) is 31.3 Å². The minimum absolute atomic E-state index is 0.00882. The number of hydrogen-bond donors (Lipinski definition) is 1. The number of rotatable bonds is 4. The van der Waals surface area contributed by atoms with Gasteiger partial charge in [-0.25, -0.2) is 9.79 Å². The number of fused-ring (bicyclic) bond motifs is 1. The molecule has 10 heteroatoms. The van der Waals surface area contributed by atoms with Crippen molar-refractivity contribution in [3.63, 3.8) is 0 Å². The molecule has 2 aromatic heterocycles. The van der Waals surface area contributed by atoms with Crippen molar-refractivity contribution in [3.05, 3.63) is 63.6 Å². The van der Waals surface area contributed by atoms with E-state index in [0.717, 1.165) is 12.8 Å². The monoisotopic (exact) mass is 426 g/mol. The van der Waals surface area contributed by atoms with E-state index < -0.39 is 5.76 Å². The smallest absolute Gasteiger partial charge is 0.437 e. The molecule has 3 heterocycles. The second-order valence-electron chi connectivity index (χ2n) is 7.54. The Labute approximate surface area is 176 Å². The molecular formula is C20H19ClN6O3. The van der Waals surface area contributed by atoms with Gasteiger partial charge in [0.1, 0.15) is 12.2 Å². The Bertz CT molecular complexity index is 1220. The first kappa shape index (κ1) is 18.7. The van der Waals surface area contributed by atoms with Gasteiger partial charge >= 0.3 is 5.76 Å². The lowest BCUT2D eigenvalue weighted by Crippen LogP contribution is -2.32. The lowest BCUT2D eigenvalue weighted by molar-refractivity contribution is 0.233. The van der Waals surface area contributed by atoms with Crippen LogP contribution in [0, 0.1) is 0 Å². The van der Waals surface area contributed by atoms with Crippen molar-refractivity contribution >= 4 is 29.5 Å². The Morgan fingerprint density at radius 2 is 2.03 bits per heavy atom. The summed E-state index contributed by atoms with van der Waals surface area (Å²) in [5.41, 5.74) is 2.39. The van der Waals surface area contributed by atoms with Gasteiger partial charge < -0.3 is 14.4 Å². The summed E-state index contributed by atoms with van der Waals surface area (Å²) in [5.74, 6) is 0.579. The molecule has 1 fully saturated rings. The summed E-state index contributed by atoms with van der Waals surface area (Å²) < 4.78 is 8.29. The SMILES string of the molecule is C=C1c2c(nc(O)n2C)N=CN1Cc1nn([C@H]2C[C@H](c3ccc(Cl)cc3)C2)c(=O)o1. The van der Waals surface area contributed by atoms with Crippen LogP contribution in [0.4, 0.5) is 5.82 Å². The van der Waals surface area contributed by atoms with Gasteiger partial charge in [0, 0.05) is 12.1 Å². The average molecular weight is 427 g/mol. The first-order valence-corrected chi connectivity index (χ1v) is 9.88. The summed E-state index contributed by atoms with van der Waals surface area (Å²) in [6.07, 6.45) is 3.18. The molecule has 1 N–H and O–H groups in total. The molecule has 3 aromatic rings. The number of imidazole rings is 1. The molecular weight excluding hydrogens is 408 g/mol. The van der Waals surface area contributed by atoms with Crippen LogP contribution in [0.25, 0.3) is 5.70 Å². The zero-order valence-electron chi connectivity index (χ0n) is 16.2. The summed E-state index contributed by atoms with van der Waals surface area (Å²) >= 11 is 5.95. The number of benzene rings is 1. The highest BCUT2D eigenvalue weighted by Gasteiger charge is 2.34. The van der Waals surface area contributed by atoms with Crippen molar-refractivity contribution in [1.29, 1.82) is 0 Å². The Hall–Kier alpha value is -3.33. The molecule has 0 bridgehead atoms. The lowest BCUT2D eigenvalue weighted by atomic mass is 9.76. The molecule has 0 spiro atoms. The van der Waals surface area contributed by atoms with Crippen molar-refractivity contribution in [1.82, 2.24) is 24.2 Å². The molecule has 0 atom stereocenters. The van der Waals surface area contributed by atoms with E-state index in [9.17, 15) is 9.90 Å². The molecule has 0 unspecified atom stereocenters. The maximum absolute atomic E-state index is 12.3. The number of halogens is 1. The topological polar surface area (TPSA) is 102 Å². The molecule has 30 heavy (non-hydrogen) atoms. The molecule has 9 nitrogen and oxygen atoms in total. The lowest BCUT2D eigenvalue weighted by Gasteiger charge is -2.34. The molecule has 1 aliphatic carbocycles. The first-order chi connectivity index (χ1) is 14.4. The van der Waals surface area contributed by atoms with E-state index in [0.29, 0.717) is 28.1 Å². The molecule has 154 valence electrons. The van der Waals surface area contributed by atoms with Gasteiger partial charge in [-0.3, -0.25) is 4.57 Å². The number of hydrogen-bond acceptors (Lipinski definition) is 7. The van der Waals surface area contributed by atoms with E-state index in [1.165, 1.54) is 21.2 Å². The fraction of sp³-hybridized carbons (Fsp3) is 0.300. The van der Waals surface area contributed by atoms with Crippen LogP contribution in [-0.4, -0.2) is 35.7 Å². The van der Waals surface area contributed by atoms with E-state index in [1.807, 2.05) is 24.3 Å². The average Bonchev–Trinajstić information content (AvgIpc) is 3.18. The fourth-order valence-corrected chi connectivity index (χ4v) is 4.04. The quantitative estimate of drug-likeness (QED) is 0.687. The molecule has 0 radical (unpaired) electrons. The standard InChI is InChI=1S/C20H19ClN6O3/c1-11-17-18(23-19(28)25(17)2)22-10-26(11)9-16-24-27(20(29)30-16)15-7-13(8-15)12-3-5-14(21)6-4-12/h3-6,10,13,15H,1,7-9H2,2H3,(H,23,28)/t13-,15-. The second-order valence-corrected chi connectivity index (χ2v) is 7.98. The van der Waals surface area contributed by atoms with E-state index in [4.69, 9.17) is 16.0 Å². The van der Waals surface area contributed by atoms with Gasteiger partial charge in [-0.1, -0.05) is 30.3 Å². The number of nitrogens with zero attached hydrogens (tertiary/aromatic N) is 6. The highest BCUT2D eigenvalue weighted by atomic mass is 35.5. The Morgan fingerprint density at radius 3 is 2.77 bits per heavy atom. The van der Waals surface area contributed by atoms with E-state index in [-0.39, 0.29) is 24.5 Å². The van der Waals surface area contributed by atoms with Crippen LogP contribution < -0.4 is 5.76 Å². The first-order valence-electron chi connectivity index (χ1n) is 9.50.